The van der Waals surface area contributed by atoms with E-state index < -0.39 is 0 Å². The first-order chi connectivity index (χ1) is 6.67. The Morgan fingerprint density at radius 1 is 1.50 bits per heavy atom. The molecule has 0 amide bonds. The third-order valence-corrected chi connectivity index (χ3v) is 2.32. The minimum Gasteiger partial charge on any atom is -0.327 e. The largest absolute Gasteiger partial charge is 0.327 e. The second kappa shape index (κ2) is 4.91. The molecule has 0 aliphatic carbocycles. The molecule has 0 spiro atoms. The lowest BCUT2D eigenvalue weighted by atomic mass is 10.0. The van der Waals surface area contributed by atoms with Crippen LogP contribution in [0, 0.1) is 12.7 Å². The molecule has 0 saturated heterocycles. The molecule has 76 valence electrons. The van der Waals surface area contributed by atoms with Gasteiger partial charge < -0.3 is 5.73 Å². The summed E-state index contributed by atoms with van der Waals surface area (Å²) >= 11 is 0. The zero-order valence-electron chi connectivity index (χ0n) is 8.68. The topological polar surface area (TPSA) is 26.0 Å². The van der Waals surface area contributed by atoms with Crippen molar-refractivity contribution in [2.45, 2.75) is 20.3 Å². The molecule has 0 aliphatic rings. The van der Waals surface area contributed by atoms with E-state index in [2.05, 4.69) is 0 Å². The Morgan fingerprint density at radius 2 is 2.21 bits per heavy atom. The fraction of sp³-hybridized carbons (Fsp3) is 0.333. The first-order valence-electron chi connectivity index (χ1n) is 4.83. The maximum absolute atomic E-state index is 12.9. The van der Waals surface area contributed by atoms with Crippen molar-refractivity contribution < 1.29 is 4.39 Å². The number of benzene rings is 1. The molecule has 0 fully saturated rings. The zero-order chi connectivity index (χ0) is 10.6. The number of hydrogen-bond acceptors (Lipinski definition) is 1. The summed E-state index contributed by atoms with van der Waals surface area (Å²) in [5.74, 6) is -0.200. The van der Waals surface area contributed by atoms with Crippen LogP contribution in [0.1, 0.15) is 24.5 Å². The summed E-state index contributed by atoms with van der Waals surface area (Å²) in [5, 5.41) is 0. The van der Waals surface area contributed by atoms with Crippen LogP contribution in [0.5, 0.6) is 0 Å². The van der Waals surface area contributed by atoms with Gasteiger partial charge in [0.15, 0.2) is 0 Å². The monoisotopic (exact) mass is 193 g/mol. The first kappa shape index (κ1) is 10.9. The van der Waals surface area contributed by atoms with E-state index >= 15 is 0 Å². The Hall–Kier alpha value is -1.15. The third kappa shape index (κ3) is 2.67. The van der Waals surface area contributed by atoms with Gasteiger partial charge in [0, 0.05) is 6.54 Å². The predicted octanol–water partition coefficient (Wildman–Crippen LogP) is 2.89. The third-order valence-electron chi connectivity index (χ3n) is 2.32. The number of aryl methyl sites for hydroxylation is 1. The summed E-state index contributed by atoms with van der Waals surface area (Å²) in [5.41, 5.74) is 8.69. The van der Waals surface area contributed by atoms with Crippen LogP contribution in [0.4, 0.5) is 4.39 Å². The standard InChI is InChI=1S/C12H16FN/c1-3-10(8-14)6-11-7-12(13)5-4-9(11)2/h4-7H,3,8,14H2,1-2H3/b10-6-. The van der Waals surface area contributed by atoms with Crippen LogP contribution in [-0.2, 0) is 0 Å². The highest BCUT2D eigenvalue weighted by molar-refractivity contribution is 5.56. The fourth-order valence-electron chi connectivity index (χ4n) is 1.29. The lowest BCUT2D eigenvalue weighted by Crippen LogP contribution is -2.02. The van der Waals surface area contributed by atoms with Gasteiger partial charge in [-0.25, -0.2) is 4.39 Å². The summed E-state index contributed by atoms with van der Waals surface area (Å²) in [7, 11) is 0. The number of rotatable bonds is 3. The molecule has 0 radical (unpaired) electrons. The van der Waals surface area contributed by atoms with Crippen molar-refractivity contribution in [3.05, 3.63) is 40.7 Å². The Labute approximate surface area is 84.4 Å². The highest BCUT2D eigenvalue weighted by Gasteiger charge is 1.98. The van der Waals surface area contributed by atoms with E-state index in [9.17, 15) is 4.39 Å². The van der Waals surface area contributed by atoms with Gasteiger partial charge >= 0.3 is 0 Å². The predicted molar refractivity (Wildman–Crippen MR) is 58.5 cm³/mol. The van der Waals surface area contributed by atoms with Gasteiger partial charge in [0.25, 0.3) is 0 Å². The summed E-state index contributed by atoms with van der Waals surface area (Å²) < 4.78 is 12.9. The Balaban J connectivity index is 3.06. The van der Waals surface area contributed by atoms with Gasteiger partial charge in [0.05, 0.1) is 0 Å². The molecule has 1 aromatic rings. The molecule has 1 rings (SSSR count). The van der Waals surface area contributed by atoms with Crippen molar-refractivity contribution in [1.82, 2.24) is 0 Å². The summed E-state index contributed by atoms with van der Waals surface area (Å²) in [4.78, 5) is 0. The Kier molecular flexibility index (Phi) is 3.84. The van der Waals surface area contributed by atoms with E-state index in [1.807, 2.05) is 19.9 Å². The average Bonchev–Trinajstić information content (AvgIpc) is 2.19. The quantitative estimate of drug-likeness (QED) is 0.784. The van der Waals surface area contributed by atoms with Crippen molar-refractivity contribution in [2.75, 3.05) is 6.54 Å². The van der Waals surface area contributed by atoms with E-state index in [0.29, 0.717) is 6.54 Å². The van der Waals surface area contributed by atoms with Crippen molar-refractivity contribution in [1.29, 1.82) is 0 Å². The van der Waals surface area contributed by atoms with Crippen molar-refractivity contribution >= 4 is 6.08 Å². The summed E-state index contributed by atoms with van der Waals surface area (Å²) in [6.45, 7) is 4.55. The van der Waals surface area contributed by atoms with Crippen LogP contribution in [0.3, 0.4) is 0 Å². The molecule has 14 heavy (non-hydrogen) atoms. The molecule has 0 heterocycles. The molecule has 0 atom stereocenters. The molecule has 0 aliphatic heterocycles. The second-order valence-corrected chi connectivity index (χ2v) is 3.36. The minimum absolute atomic E-state index is 0.200. The molecule has 0 bridgehead atoms. The molecular formula is C12H16FN. The number of halogens is 1. The van der Waals surface area contributed by atoms with E-state index in [1.165, 1.54) is 6.07 Å². The van der Waals surface area contributed by atoms with Crippen LogP contribution in [0.2, 0.25) is 0 Å². The van der Waals surface area contributed by atoms with Crippen molar-refractivity contribution in [3.63, 3.8) is 0 Å². The highest BCUT2D eigenvalue weighted by atomic mass is 19.1. The van der Waals surface area contributed by atoms with Crippen LogP contribution in [0.15, 0.2) is 23.8 Å². The summed E-state index contributed by atoms with van der Waals surface area (Å²) in [6, 6.07) is 4.80. The van der Waals surface area contributed by atoms with Crippen LogP contribution < -0.4 is 5.73 Å². The van der Waals surface area contributed by atoms with Crippen LogP contribution >= 0.6 is 0 Å². The molecule has 2 N–H and O–H groups in total. The molecule has 1 aromatic carbocycles. The second-order valence-electron chi connectivity index (χ2n) is 3.36. The lowest BCUT2D eigenvalue weighted by Gasteiger charge is -2.04. The Bertz CT molecular complexity index is 336. The molecule has 2 heteroatoms. The molecule has 1 nitrogen and oxygen atoms in total. The van der Waals surface area contributed by atoms with Gasteiger partial charge in [-0.05, 0) is 36.6 Å². The zero-order valence-corrected chi connectivity index (χ0v) is 8.68. The average molecular weight is 193 g/mol. The fourth-order valence-corrected chi connectivity index (χ4v) is 1.29. The molecule has 0 saturated carbocycles. The van der Waals surface area contributed by atoms with Gasteiger partial charge in [0.1, 0.15) is 5.82 Å². The molecule has 0 unspecified atom stereocenters. The maximum atomic E-state index is 12.9. The van der Waals surface area contributed by atoms with Crippen LogP contribution in [-0.4, -0.2) is 6.54 Å². The Morgan fingerprint density at radius 3 is 2.79 bits per heavy atom. The van der Waals surface area contributed by atoms with E-state index in [1.54, 1.807) is 12.1 Å². The van der Waals surface area contributed by atoms with Gasteiger partial charge in [-0.3, -0.25) is 0 Å². The minimum atomic E-state index is -0.200. The van der Waals surface area contributed by atoms with Gasteiger partial charge in [-0.1, -0.05) is 24.6 Å². The van der Waals surface area contributed by atoms with E-state index in [-0.39, 0.29) is 5.82 Å². The SMILES string of the molecule is CC/C(=C/c1cc(F)ccc1C)CN. The van der Waals surface area contributed by atoms with E-state index in [0.717, 1.165) is 23.1 Å². The summed E-state index contributed by atoms with van der Waals surface area (Å²) in [6.07, 6.45) is 2.88. The smallest absolute Gasteiger partial charge is 0.123 e. The van der Waals surface area contributed by atoms with E-state index in [4.69, 9.17) is 5.73 Å². The highest BCUT2D eigenvalue weighted by Crippen LogP contribution is 2.15. The van der Waals surface area contributed by atoms with Crippen molar-refractivity contribution in [2.24, 2.45) is 5.73 Å². The van der Waals surface area contributed by atoms with Crippen LogP contribution in [0.25, 0.3) is 6.08 Å². The first-order valence-corrected chi connectivity index (χ1v) is 4.83. The van der Waals surface area contributed by atoms with Crippen molar-refractivity contribution in [3.8, 4) is 0 Å². The molecular weight excluding hydrogens is 177 g/mol. The molecule has 0 aromatic heterocycles. The maximum Gasteiger partial charge on any atom is 0.123 e. The van der Waals surface area contributed by atoms with Gasteiger partial charge in [-0.2, -0.15) is 0 Å². The van der Waals surface area contributed by atoms with Gasteiger partial charge in [-0.15, -0.1) is 0 Å². The van der Waals surface area contributed by atoms with Gasteiger partial charge in [0.2, 0.25) is 0 Å². The lowest BCUT2D eigenvalue weighted by molar-refractivity contribution is 0.627. The number of hydrogen-bond donors (Lipinski definition) is 1. The normalized spacial score (nSPS) is 11.9. The number of nitrogens with two attached hydrogens (primary N) is 1.